The first-order chi connectivity index (χ1) is 17.0. The van der Waals surface area contributed by atoms with Crippen molar-refractivity contribution in [2.45, 2.75) is 19.3 Å². The Bertz CT molecular complexity index is 1550. The van der Waals surface area contributed by atoms with Crippen LogP contribution in [0, 0.1) is 52.9 Å². The van der Waals surface area contributed by atoms with Crippen molar-refractivity contribution >= 4 is 5.78 Å². The molecule has 2 aromatic carbocycles. The number of aromatic amines is 1. The lowest BCUT2D eigenvalue weighted by Crippen LogP contribution is -2.24. The third-order valence-corrected chi connectivity index (χ3v) is 5.00. The minimum absolute atomic E-state index is 0.130. The molecule has 1 aromatic heterocycles. The fraction of sp³-hybridized carbons (Fsp3) is 0.143. The molecule has 0 fully saturated rings. The van der Waals surface area contributed by atoms with E-state index in [1.165, 1.54) is 0 Å². The van der Waals surface area contributed by atoms with Crippen LogP contribution >= 0.6 is 0 Å². The standard InChI is InChI=1S/C21H6F10N4O2/c1-6-12(19(37)35(34-6)17-15(24)13(22)9(5-33)14(23)16(17)25)18(36)7-2-10(20(26,27)28)8(4-32)11(3-7)21(29,30)31/h2-3,34H,1H3. The maximum absolute atomic E-state index is 14.4. The van der Waals surface area contributed by atoms with Gasteiger partial charge in [0, 0.05) is 11.3 Å². The number of nitrogens with one attached hydrogen (secondary N) is 1. The summed E-state index contributed by atoms with van der Waals surface area (Å²) in [5.74, 6) is -10.8. The number of carbonyl (C=O) groups is 1. The van der Waals surface area contributed by atoms with E-state index in [1.54, 1.807) is 0 Å². The molecular formula is C21H6F10N4O2. The fourth-order valence-electron chi connectivity index (χ4n) is 3.37. The number of rotatable bonds is 3. The topological polar surface area (TPSA) is 102 Å². The second-order valence-electron chi connectivity index (χ2n) is 7.23. The molecule has 1 heterocycles. The number of H-pyrrole nitrogens is 1. The van der Waals surface area contributed by atoms with E-state index in [0.717, 1.165) is 19.1 Å². The predicted molar refractivity (Wildman–Crippen MR) is 100 cm³/mol. The van der Waals surface area contributed by atoms with E-state index in [-0.39, 0.29) is 16.8 Å². The van der Waals surface area contributed by atoms with E-state index in [1.807, 2.05) is 5.10 Å². The number of hydrogen-bond donors (Lipinski definition) is 1. The molecule has 0 bridgehead atoms. The third kappa shape index (κ3) is 4.31. The van der Waals surface area contributed by atoms with Crippen molar-refractivity contribution in [3.05, 3.63) is 84.8 Å². The van der Waals surface area contributed by atoms with Crippen LogP contribution < -0.4 is 5.56 Å². The van der Waals surface area contributed by atoms with Crippen LogP contribution in [0.2, 0.25) is 0 Å². The molecule has 0 atom stereocenters. The summed E-state index contributed by atoms with van der Waals surface area (Å²) in [5, 5.41) is 19.4. The van der Waals surface area contributed by atoms with Crippen molar-refractivity contribution in [1.82, 2.24) is 9.78 Å². The van der Waals surface area contributed by atoms with Crippen LogP contribution in [0.25, 0.3) is 5.69 Å². The zero-order valence-corrected chi connectivity index (χ0v) is 17.6. The van der Waals surface area contributed by atoms with E-state index in [2.05, 4.69) is 0 Å². The average molecular weight is 536 g/mol. The van der Waals surface area contributed by atoms with Gasteiger partial charge >= 0.3 is 12.4 Å². The summed E-state index contributed by atoms with van der Waals surface area (Å²) in [6.07, 6.45) is -11.1. The zero-order valence-electron chi connectivity index (χ0n) is 17.6. The number of nitrogens with zero attached hydrogens (tertiary/aromatic N) is 3. The van der Waals surface area contributed by atoms with Crippen molar-refractivity contribution in [2.24, 2.45) is 0 Å². The van der Waals surface area contributed by atoms with Crippen LogP contribution in [-0.4, -0.2) is 15.6 Å². The Morgan fingerprint density at radius 1 is 0.838 bits per heavy atom. The van der Waals surface area contributed by atoms with Crippen molar-refractivity contribution in [3.63, 3.8) is 0 Å². The van der Waals surface area contributed by atoms with Gasteiger partial charge in [0.05, 0.1) is 16.7 Å². The molecule has 0 saturated carbocycles. The van der Waals surface area contributed by atoms with Crippen LogP contribution in [0.15, 0.2) is 16.9 Å². The highest BCUT2D eigenvalue weighted by atomic mass is 19.4. The van der Waals surface area contributed by atoms with Gasteiger partial charge in [0.25, 0.3) is 5.56 Å². The van der Waals surface area contributed by atoms with Crippen LogP contribution in [-0.2, 0) is 12.4 Å². The van der Waals surface area contributed by atoms with Gasteiger partial charge in [-0.15, -0.1) is 0 Å². The molecule has 0 unspecified atom stereocenters. The second-order valence-corrected chi connectivity index (χ2v) is 7.23. The van der Waals surface area contributed by atoms with Gasteiger partial charge in [-0.25, -0.2) is 22.2 Å². The van der Waals surface area contributed by atoms with Crippen molar-refractivity contribution in [1.29, 1.82) is 10.5 Å². The summed E-state index contributed by atoms with van der Waals surface area (Å²) in [4.78, 5) is 25.6. The quantitative estimate of drug-likeness (QED) is 0.288. The number of halogens is 10. The molecule has 0 amide bonds. The summed E-state index contributed by atoms with van der Waals surface area (Å²) < 4.78 is 137. The molecule has 0 aliphatic heterocycles. The van der Waals surface area contributed by atoms with E-state index < -0.39 is 91.7 Å². The molecule has 192 valence electrons. The van der Waals surface area contributed by atoms with Crippen LogP contribution in [0.5, 0.6) is 0 Å². The third-order valence-electron chi connectivity index (χ3n) is 5.00. The number of aryl methyl sites for hydroxylation is 1. The highest BCUT2D eigenvalue weighted by molar-refractivity contribution is 6.10. The number of alkyl halides is 6. The first-order valence-corrected chi connectivity index (χ1v) is 9.32. The minimum atomic E-state index is -5.56. The van der Waals surface area contributed by atoms with Gasteiger partial charge in [0.15, 0.2) is 23.3 Å². The normalized spacial score (nSPS) is 11.8. The maximum atomic E-state index is 14.4. The lowest BCUT2D eigenvalue weighted by Gasteiger charge is -2.16. The van der Waals surface area contributed by atoms with Gasteiger partial charge in [-0.3, -0.25) is 14.7 Å². The van der Waals surface area contributed by atoms with Gasteiger partial charge in [-0.1, -0.05) is 0 Å². The first-order valence-electron chi connectivity index (χ1n) is 9.32. The Kier molecular flexibility index (Phi) is 6.43. The van der Waals surface area contributed by atoms with Crippen LogP contribution in [0.4, 0.5) is 43.9 Å². The largest absolute Gasteiger partial charge is 0.417 e. The van der Waals surface area contributed by atoms with Gasteiger partial charge < -0.3 is 0 Å². The summed E-state index contributed by atoms with van der Waals surface area (Å²) >= 11 is 0. The molecule has 3 aromatic rings. The number of carbonyl (C=O) groups excluding carboxylic acids is 1. The number of ketones is 1. The summed E-state index contributed by atoms with van der Waals surface area (Å²) in [7, 11) is 0. The monoisotopic (exact) mass is 536 g/mol. The van der Waals surface area contributed by atoms with Gasteiger partial charge in [-0.2, -0.15) is 36.9 Å². The molecule has 0 spiro atoms. The summed E-state index contributed by atoms with van der Waals surface area (Å²) in [6.45, 7) is 0.844. The number of nitriles is 2. The Labute approximate surface area is 197 Å². The Morgan fingerprint density at radius 2 is 1.27 bits per heavy atom. The molecule has 3 rings (SSSR count). The van der Waals surface area contributed by atoms with E-state index in [9.17, 15) is 53.5 Å². The SMILES string of the molecule is Cc1[nH]n(-c2c(F)c(F)c(C#N)c(F)c2F)c(=O)c1C(=O)c1cc(C(F)(F)F)c(C#N)c(C(F)(F)F)c1. The predicted octanol–water partition coefficient (Wildman–Crippen LogP) is 5.04. The van der Waals surface area contributed by atoms with Gasteiger partial charge in [-0.05, 0) is 19.1 Å². The Morgan fingerprint density at radius 3 is 1.65 bits per heavy atom. The molecule has 0 aliphatic carbocycles. The zero-order chi connectivity index (χ0) is 28.2. The number of hydrogen-bond acceptors (Lipinski definition) is 4. The smallest absolute Gasteiger partial charge is 0.294 e. The molecule has 16 heteroatoms. The van der Waals surface area contributed by atoms with Gasteiger partial charge in [0.1, 0.15) is 29.0 Å². The molecule has 6 nitrogen and oxygen atoms in total. The lowest BCUT2D eigenvalue weighted by atomic mass is 9.93. The molecule has 1 N–H and O–H groups in total. The van der Waals surface area contributed by atoms with Crippen molar-refractivity contribution < 1.29 is 48.7 Å². The van der Waals surface area contributed by atoms with E-state index in [0.29, 0.717) is 0 Å². The van der Waals surface area contributed by atoms with Crippen LogP contribution in [0.1, 0.15) is 43.9 Å². The Balaban J connectivity index is 2.33. The lowest BCUT2D eigenvalue weighted by molar-refractivity contribution is -0.143. The van der Waals surface area contributed by atoms with Crippen molar-refractivity contribution in [2.75, 3.05) is 0 Å². The number of benzene rings is 2. The van der Waals surface area contributed by atoms with Gasteiger partial charge in [0.2, 0.25) is 5.78 Å². The summed E-state index contributed by atoms with van der Waals surface area (Å²) in [5.41, 5.74) is -14.8. The van der Waals surface area contributed by atoms with E-state index in [4.69, 9.17) is 10.5 Å². The highest BCUT2D eigenvalue weighted by Gasteiger charge is 2.42. The maximum Gasteiger partial charge on any atom is 0.417 e. The van der Waals surface area contributed by atoms with Crippen molar-refractivity contribution in [3.8, 4) is 17.8 Å². The van der Waals surface area contributed by atoms with E-state index >= 15 is 0 Å². The second kappa shape index (κ2) is 8.81. The summed E-state index contributed by atoms with van der Waals surface area (Å²) in [6, 6.07) is 1.35. The Hall–Kier alpha value is -4.60. The molecule has 0 radical (unpaired) electrons. The molecule has 0 aliphatic rings. The first kappa shape index (κ1) is 27.0. The molecule has 0 saturated heterocycles. The highest BCUT2D eigenvalue weighted by Crippen LogP contribution is 2.40. The minimum Gasteiger partial charge on any atom is -0.294 e. The molecule has 37 heavy (non-hydrogen) atoms. The fourth-order valence-corrected chi connectivity index (χ4v) is 3.37. The average Bonchev–Trinajstić information content (AvgIpc) is 3.09. The number of aromatic nitrogens is 2. The van der Waals surface area contributed by atoms with Crippen LogP contribution in [0.3, 0.4) is 0 Å². The molecular weight excluding hydrogens is 530 g/mol.